The number of nitrogens with one attached hydrogen (secondary N) is 1. The molecule has 0 fully saturated rings. The van der Waals surface area contributed by atoms with Crippen molar-refractivity contribution >= 4 is 12.1 Å². The molecule has 0 bridgehead atoms. The summed E-state index contributed by atoms with van der Waals surface area (Å²) in [6, 6.07) is 15.3. The second-order valence-electron chi connectivity index (χ2n) is 4.56. The molecule has 0 saturated heterocycles. The molecule has 0 aromatic heterocycles. The fourth-order valence-corrected chi connectivity index (χ4v) is 1.72. The first kappa shape index (κ1) is 16.5. The summed E-state index contributed by atoms with van der Waals surface area (Å²) in [4.78, 5) is 32.7. The molecule has 0 atom stereocenters. The van der Waals surface area contributed by atoms with E-state index in [2.05, 4.69) is 5.32 Å². The summed E-state index contributed by atoms with van der Waals surface area (Å²) in [5.41, 5.74) is 1.19. The Labute approximate surface area is 133 Å². The highest BCUT2D eigenvalue weighted by Crippen LogP contribution is 2.13. The molecule has 120 valence electrons. The van der Waals surface area contributed by atoms with E-state index < -0.39 is 12.1 Å². The van der Waals surface area contributed by atoms with Crippen LogP contribution >= 0.6 is 0 Å². The lowest BCUT2D eigenvalue weighted by Crippen LogP contribution is -2.26. The highest BCUT2D eigenvalue weighted by Gasteiger charge is 2.10. The monoisotopic (exact) mass is 315 g/mol. The number of amides is 1. The fraction of sp³-hybridized carbons (Fsp3) is 0.176. The van der Waals surface area contributed by atoms with Crippen molar-refractivity contribution in [3.63, 3.8) is 0 Å². The van der Waals surface area contributed by atoms with Gasteiger partial charge in [0, 0.05) is 6.54 Å². The molecule has 1 N–H and O–H groups in total. The van der Waals surface area contributed by atoms with Crippen LogP contribution in [0.2, 0.25) is 0 Å². The molecule has 1 amide bonds. The first-order valence-electron chi connectivity index (χ1n) is 7.12. The van der Waals surface area contributed by atoms with Gasteiger partial charge in [-0.25, -0.2) is 9.59 Å². The quantitative estimate of drug-likeness (QED) is 0.655. The third-order valence-corrected chi connectivity index (χ3v) is 2.82. The molecule has 0 spiro atoms. The average Bonchev–Trinajstić information content (AvgIpc) is 2.56. The van der Waals surface area contributed by atoms with E-state index in [4.69, 9.17) is 14.5 Å². The lowest BCUT2D eigenvalue weighted by molar-refractivity contribution is -0.250. The second kappa shape index (κ2) is 8.55. The van der Waals surface area contributed by atoms with Crippen LogP contribution in [0.3, 0.4) is 0 Å². The Hall–Kier alpha value is -2.86. The van der Waals surface area contributed by atoms with Crippen LogP contribution in [0.25, 0.3) is 0 Å². The van der Waals surface area contributed by atoms with Crippen LogP contribution in [0, 0.1) is 0 Å². The Kier molecular flexibility index (Phi) is 6.14. The van der Waals surface area contributed by atoms with Crippen molar-refractivity contribution in [3.05, 3.63) is 65.7 Å². The van der Waals surface area contributed by atoms with Crippen LogP contribution in [0.1, 0.15) is 22.8 Å². The molecule has 0 aliphatic rings. The van der Waals surface area contributed by atoms with E-state index in [0.717, 1.165) is 5.56 Å². The normalized spacial score (nSPS) is 9.96. The topological polar surface area (TPSA) is 73.9 Å². The van der Waals surface area contributed by atoms with Crippen molar-refractivity contribution in [2.75, 3.05) is 6.54 Å². The number of rotatable bonds is 6. The molecule has 0 radical (unpaired) electrons. The van der Waals surface area contributed by atoms with Crippen molar-refractivity contribution in [1.29, 1.82) is 0 Å². The van der Waals surface area contributed by atoms with E-state index in [0.29, 0.717) is 17.9 Å². The third-order valence-electron chi connectivity index (χ3n) is 2.82. The molecule has 0 aliphatic carbocycles. The lowest BCUT2D eigenvalue weighted by atomic mass is 10.2. The van der Waals surface area contributed by atoms with Crippen molar-refractivity contribution < 1.29 is 24.1 Å². The molecule has 6 heteroatoms. The van der Waals surface area contributed by atoms with E-state index in [9.17, 15) is 9.59 Å². The van der Waals surface area contributed by atoms with E-state index in [1.165, 1.54) is 24.3 Å². The lowest BCUT2D eigenvalue weighted by Gasteiger charge is -2.06. The molecule has 2 aromatic carbocycles. The van der Waals surface area contributed by atoms with Crippen LogP contribution in [0.4, 0.5) is 4.79 Å². The van der Waals surface area contributed by atoms with Gasteiger partial charge in [0.2, 0.25) is 0 Å². The summed E-state index contributed by atoms with van der Waals surface area (Å²) < 4.78 is 5.00. The summed E-state index contributed by atoms with van der Waals surface area (Å²) in [7, 11) is 0. The summed E-state index contributed by atoms with van der Waals surface area (Å²) in [5, 5.41) is 2.50. The van der Waals surface area contributed by atoms with Gasteiger partial charge in [0.15, 0.2) is 0 Å². The second-order valence-corrected chi connectivity index (χ2v) is 4.56. The van der Waals surface area contributed by atoms with Gasteiger partial charge in [0.25, 0.3) is 0 Å². The molecule has 2 aromatic rings. The Bertz CT molecular complexity index is 640. The summed E-state index contributed by atoms with van der Waals surface area (Å²) in [6.45, 7) is 2.43. The molecule has 0 aliphatic heterocycles. The van der Waals surface area contributed by atoms with E-state index in [-0.39, 0.29) is 6.61 Å². The zero-order valence-corrected chi connectivity index (χ0v) is 12.7. The SMILES string of the molecule is CCNC(=O)Oc1ccc(C(=O)OOCc2ccccc2)cc1. The maximum absolute atomic E-state index is 11.8. The zero-order valence-electron chi connectivity index (χ0n) is 12.7. The van der Waals surface area contributed by atoms with Crippen molar-refractivity contribution in [3.8, 4) is 5.75 Å². The standard InChI is InChI=1S/C17H17NO5/c1-2-18-17(20)22-15-10-8-14(9-11-15)16(19)23-21-12-13-6-4-3-5-7-13/h3-11H,2,12H2,1H3,(H,18,20). The fourth-order valence-electron chi connectivity index (χ4n) is 1.72. The smallest absolute Gasteiger partial charge is 0.410 e. The van der Waals surface area contributed by atoms with Gasteiger partial charge >= 0.3 is 12.1 Å². The van der Waals surface area contributed by atoms with E-state index in [1.54, 1.807) is 6.92 Å². The van der Waals surface area contributed by atoms with Crippen molar-refractivity contribution in [2.45, 2.75) is 13.5 Å². The third kappa shape index (κ3) is 5.44. The Morgan fingerprint density at radius 2 is 1.70 bits per heavy atom. The van der Waals surface area contributed by atoms with Gasteiger partial charge in [-0.15, -0.1) is 0 Å². The minimum atomic E-state index is -0.620. The molecular weight excluding hydrogens is 298 g/mol. The summed E-state index contributed by atoms with van der Waals surface area (Å²) in [6.07, 6.45) is -0.547. The van der Waals surface area contributed by atoms with Crippen LogP contribution < -0.4 is 10.1 Å². The molecule has 0 unspecified atom stereocenters. The van der Waals surface area contributed by atoms with Gasteiger partial charge in [-0.05, 0) is 36.8 Å². The van der Waals surface area contributed by atoms with Gasteiger partial charge < -0.3 is 10.1 Å². The maximum atomic E-state index is 11.8. The average molecular weight is 315 g/mol. The van der Waals surface area contributed by atoms with Crippen LogP contribution in [0.15, 0.2) is 54.6 Å². The number of carbonyl (C=O) groups is 2. The number of hydrogen-bond donors (Lipinski definition) is 1. The molecule has 0 saturated carbocycles. The first-order chi connectivity index (χ1) is 11.2. The Morgan fingerprint density at radius 3 is 2.35 bits per heavy atom. The minimum absolute atomic E-state index is 0.172. The Morgan fingerprint density at radius 1 is 1.00 bits per heavy atom. The van der Waals surface area contributed by atoms with Crippen molar-refractivity contribution in [1.82, 2.24) is 5.32 Å². The van der Waals surface area contributed by atoms with Crippen LogP contribution in [0.5, 0.6) is 5.75 Å². The van der Waals surface area contributed by atoms with Crippen molar-refractivity contribution in [2.24, 2.45) is 0 Å². The van der Waals surface area contributed by atoms with E-state index in [1.807, 2.05) is 30.3 Å². The molecular formula is C17H17NO5. The number of ether oxygens (including phenoxy) is 1. The van der Waals surface area contributed by atoms with Gasteiger partial charge in [-0.1, -0.05) is 30.3 Å². The first-order valence-corrected chi connectivity index (χ1v) is 7.12. The molecule has 6 nitrogen and oxygen atoms in total. The predicted octanol–water partition coefficient (Wildman–Crippen LogP) is 3.08. The van der Waals surface area contributed by atoms with E-state index >= 15 is 0 Å². The largest absolute Gasteiger partial charge is 0.412 e. The van der Waals surface area contributed by atoms with Crippen LogP contribution in [-0.4, -0.2) is 18.6 Å². The molecule has 23 heavy (non-hydrogen) atoms. The summed E-state index contributed by atoms with van der Waals surface area (Å²) in [5.74, 6) is -0.289. The minimum Gasteiger partial charge on any atom is -0.410 e. The van der Waals surface area contributed by atoms with Gasteiger partial charge in [-0.3, -0.25) is 4.89 Å². The highest BCUT2D eigenvalue weighted by atomic mass is 17.2. The maximum Gasteiger partial charge on any atom is 0.412 e. The zero-order chi connectivity index (χ0) is 16.5. The van der Waals surface area contributed by atoms with Gasteiger partial charge in [0.05, 0.1) is 5.56 Å². The molecule has 0 heterocycles. The highest BCUT2D eigenvalue weighted by molar-refractivity contribution is 5.89. The Balaban J connectivity index is 1.81. The van der Waals surface area contributed by atoms with Gasteiger partial charge in [0.1, 0.15) is 12.4 Å². The van der Waals surface area contributed by atoms with Crippen LogP contribution in [-0.2, 0) is 16.4 Å². The molecule has 2 rings (SSSR count). The summed E-state index contributed by atoms with van der Waals surface area (Å²) >= 11 is 0. The number of carbonyl (C=O) groups excluding carboxylic acids is 2. The predicted molar refractivity (Wildman–Crippen MR) is 82.8 cm³/mol. The number of hydrogen-bond acceptors (Lipinski definition) is 5. The van der Waals surface area contributed by atoms with Gasteiger partial charge in [-0.2, -0.15) is 4.89 Å². The number of benzene rings is 2.